The number of rotatable bonds is 2. The maximum Gasteiger partial charge on any atom is 0.145 e. The lowest BCUT2D eigenvalue weighted by molar-refractivity contribution is 0.957. The van der Waals surface area contributed by atoms with Crippen molar-refractivity contribution in [1.82, 2.24) is 13.9 Å². The molecule has 0 saturated heterocycles. The van der Waals surface area contributed by atoms with E-state index in [9.17, 15) is 0 Å². The van der Waals surface area contributed by atoms with Crippen LogP contribution in [0.5, 0.6) is 0 Å². The van der Waals surface area contributed by atoms with Crippen molar-refractivity contribution in [3.8, 4) is 11.4 Å². The monoisotopic (exact) mass is 292 g/mol. The second kappa shape index (κ2) is 4.51. The van der Waals surface area contributed by atoms with Crippen LogP contribution in [0, 0.1) is 6.92 Å². The predicted molar refractivity (Wildman–Crippen MR) is 81.1 cm³/mol. The quantitative estimate of drug-likeness (QED) is 0.783. The van der Waals surface area contributed by atoms with Crippen LogP contribution < -0.4 is 5.32 Å². The van der Waals surface area contributed by atoms with Gasteiger partial charge in [0, 0.05) is 14.1 Å². The molecule has 0 fully saturated rings. The van der Waals surface area contributed by atoms with Gasteiger partial charge in [0.1, 0.15) is 10.8 Å². The van der Waals surface area contributed by atoms with Gasteiger partial charge in [-0.3, -0.25) is 0 Å². The van der Waals surface area contributed by atoms with E-state index in [4.69, 9.17) is 16.6 Å². The van der Waals surface area contributed by atoms with E-state index in [1.165, 1.54) is 11.5 Å². The van der Waals surface area contributed by atoms with E-state index in [2.05, 4.69) is 9.69 Å². The lowest BCUT2D eigenvalue weighted by atomic mass is 10.2. The summed E-state index contributed by atoms with van der Waals surface area (Å²) in [4.78, 5) is 4.69. The van der Waals surface area contributed by atoms with Crippen molar-refractivity contribution >= 4 is 39.2 Å². The predicted octanol–water partition coefficient (Wildman–Crippen LogP) is 3.70. The number of halogens is 1. The van der Waals surface area contributed by atoms with Crippen molar-refractivity contribution in [3.05, 3.63) is 28.9 Å². The maximum absolute atomic E-state index is 6.26. The van der Waals surface area contributed by atoms with Crippen LogP contribution >= 0.6 is 23.1 Å². The number of aryl methyl sites for hydroxylation is 2. The number of anilines is 1. The second-order valence-electron chi connectivity index (χ2n) is 4.32. The van der Waals surface area contributed by atoms with E-state index in [1.54, 1.807) is 0 Å². The molecule has 3 rings (SSSR count). The lowest BCUT2D eigenvalue weighted by Crippen LogP contribution is -1.96. The molecular formula is C13H13ClN4S. The summed E-state index contributed by atoms with van der Waals surface area (Å²) in [6.07, 6.45) is 0. The summed E-state index contributed by atoms with van der Waals surface area (Å²) in [5, 5.41) is 4.90. The first-order valence-electron chi connectivity index (χ1n) is 5.88. The Morgan fingerprint density at radius 3 is 2.84 bits per heavy atom. The van der Waals surface area contributed by atoms with Crippen LogP contribution in [-0.4, -0.2) is 21.0 Å². The van der Waals surface area contributed by atoms with Crippen molar-refractivity contribution in [1.29, 1.82) is 0 Å². The third-order valence-corrected chi connectivity index (χ3v) is 4.42. The molecule has 0 saturated carbocycles. The average molecular weight is 293 g/mol. The summed E-state index contributed by atoms with van der Waals surface area (Å²) < 4.78 is 6.41. The van der Waals surface area contributed by atoms with Crippen LogP contribution in [0.2, 0.25) is 5.02 Å². The summed E-state index contributed by atoms with van der Waals surface area (Å²) in [7, 11) is 3.87. The molecule has 0 atom stereocenters. The van der Waals surface area contributed by atoms with Gasteiger partial charge in [-0.2, -0.15) is 4.37 Å². The van der Waals surface area contributed by atoms with Crippen molar-refractivity contribution in [3.63, 3.8) is 0 Å². The van der Waals surface area contributed by atoms with Crippen molar-refractivity contribution in [2.75, 3.05) is 12.4 Å². The first-order valence-corrected chi connectivity index (χ1v) is 7.04. The highest BCUT2D eigenvalue weighted by atomic mass is 35.5. The van der Waals surface area contributed by atoms with Gasteiger partial charge in [-0.1, -0.05) is 17.7 Å². The number of aromatic nitrogens is 3. The van der Waals surface area contributed by atoms with Gasteiger partial charge in [0.2, 0.25) is 0 Å². The minimum Gasteiger partial charge on any atom is -0.378 e. The first-order chi connectivity index (χ1) is 9.13. The average Bonchev–Trinajstić information content (AvgIpc) is 2.91. The highest BCUT2D eigenvalue weighted by Crippen LogP contribution is 2.36. The number of nitrogens with one attached hydrogen (secondary N) is 1. The Morgan fingerprint density at radius 1 is 1.37 bits per heavy atom. The summed E-state index contributed by atoms with van der Waals surface area (Å²) in [5.74, 6) is 0.888. The van der Waals surface area contributed by atoms with Crippen LogP contribution in [0.25, 0.3) is 22.4 Å². The van der Waals surface area contributed by atoms with Gasteiger partial charge in [0.05, 0.1) is 27.3 Å². The van der Waals surface area contributed by atoms with Gasteiger partial charge in [-0.25, -0.2) is 4.98 Å². The van der Waals surface area contributed by atoms with Gasteiger partial charge in [-0.15, -0.1) is 0 Å². The van der Waals surface area contributed by atoms with Crippen LogP contribution in [0.4, 0.5) is 5.00 Å². The van der Waals surface area contributed by atoms with Gasteiger partial charge in [-0.05, 0) is 30.6 Å². The van der Waals surface area contributed by atoms with E-state index in [0.29, 0.717) is 5.02 Å². The molecule has 19 heavy (non-hydrogen) atoms. The normalized spacial score (nSPS) is 11.2. The van der Waals surface area contributed by atoms with Gasteiger partial charge >= 0.3 is 0 Å². The van der Waals surface area contributed by atoms with Crippen LogP contribution in [0.3, 0.4) is 0 Å². The summed E-state index contributed by atoms with van der Waals surface area (Å²) in [6, 6.07) is 5.77. The molecule has 98 valence electrons. The molecule has 2 heterocycles. The fraction of sp³-hybridized carbons (Fsp3) is 0.231. The molecule has 0 bridgehead atoms. The van der Waals surface area contributed by atoms with E-state index in [-0.39, 0.29) is 0 Å². The Bertz CT molecular complexity index is 759. The van der Waals surface area contributed by atoms with Gasteiger partial charge in [0.25, 0.3) is 0 Å². The van der Waals surface area contributed by atoms with Crippen molar-refractivity contribution < 1.29 is 0 Å². The van der Waals surface area contributed by atoms with Crippen molar-refractivity contribution in [2.24, 2.45) is 7.05 Å². The molecule has 0 amide bonds. The molecule has 1 aromatic carbocycles. The van der Waals surface area contributed by atoms with Crippen molar-refractivity contribution in [2.45, 2.75) is 6.92 Å². The summed E-state index contributed by atoms with van der Waals surface area (Å²) >= 11 is 7.71. The third kappa shape index (κ3) is 1.81. The number of hydrogen-bond acceptors (Lipinski definition) is 4. The topological polar surface area (TPSA) is 42.7 Å². The zero-order chi connectivity index (χ0) is 13.6. The van der Waals surface area contributed by atoms with E-state index >= 15 is 0 Å². The lowest BCUT2D eigenvalue weighted by Gasteiger charge is -2.04. The molecule has 3 aromatic rings. The molecule has 0 aliphatic heterocycles. The molecule has 0 aliphatic carbocycles. The molecule has 0 spiro atoms. The van der Waals surface area contributed by atoms with Crippen LogP contribution in [-0.2, 0) is 7.05 Å². The first kappa shape index (κ1) is 12.4. The zero-order valence-corrected chi connectivity index (χ0v) is 12.4. The summed E-state index contributed by atoms with van der Waals surface area (Å²) in [5.41, 5.74) is 3.87. The molecule has 4 nitrogen and oxygen atoms in total. The Morgan fingerprint density at radius 2 is 2.16 bits per heavy atom. The maximum atomic E-state index is 6.26. The number of imidazole rings is 1. The largest absolute Gasteiger partial charge is 0.378 e. The Balaban J connectivity index is 2.34. The molecule has 1 N–H and O–H groups in total. The number of benzene rings is 1. The minimum atomic E-state index is 0.714. The molecule has 0 aliphatic rings. The molecule has 0 radical (unpaired) electrons. The number of para-hydroxylation sites is 1. The minimum absolute atomic E-state index is 0.714. The standard InChI is InChI=1S/C13H13ClN4S/c1-7-10(13(15-2)19-17-7)12-16-9-6-4-5-8(14)11(9)18(12)3/h4-6,15H,1-3H3. The Labute approximate surface area is 120 Å². The Kier molecular flexibility index (Phi) is 2.95. The third-order valence-electron chi connectivity index (χ3n) is 3.16. The number of hydrogen-bond donors (Lipinski definition) is 1. The zero-order valence-electron chi connectivity index (χ0n) is 10.9. The highest BCUT2D eigenvalue weighted by Gasteiger charge is 2.19. The highest BCUT2D eigenvalue weighted by molar-refractivity contribution is 7.10. The summed E-state index contributed by atoms with van der Waals surface area (Å²) in [6.45, 7) is 1.99. The molecule has 2 aromatic heterocycles. The van der Waals surface area contributed by atoms with E-state index in [0.717, 1.165) is 33.1 Å². The smallest absolute Gasteiger partial charge is 0.145 e. The van der Waals surface area contributed by atoms with Gasteiger partial charge in [0.15, 0.2) is 0 Å². The number of fused-ring (bicyclic) bond motifs is 1. The SMILES string of the molecule is CNc1snc(C)c1-c1nc2cccc(Cl)c2n1C. The molecule has 6 heteroatoms. The fourth-order valence-corrected chi connectivity index (χ4v) is 3.29. The number of nitrogens with zero attached hydrogens (tertiary/aromatic N) is 3. The molecule has 0 unspecified atom stereocenters. The van der Waals surface area contributed by atoms with Crippen LogP contribution in [0.15, 0.2) is 18.2 Å². The fourth-order valence-electron chi connectivity index (χ4n) is 2.25. The van der Waals surface area contributed by atoms with E-state index < -0.39 is 0 Å². The van der Waals surface area contributed by atoms with E-state index in [1.807, 2.05) is 43.8 Å². The van der Waals surface area contributed by atoms with Gasteiger partial charge < -0.3 is 9.88 Å². The molecular weight excluding hydrogens is 280 g/mol. The Hall–Kier alpha value is -1.59. The second-order valence-corrected chi connectivity index (χ2v) is 5.50. The van der Waals surface area contributed by atoms with Crippen LogP contribution in [0.1, 0.15) is 5.69 Å².